The molecule has 1 N–H and O–H groups in total. The van der Waals surface area contributed by atoms with E-state index in [0.717, 1.165) is 18.3 Å². The molecule has 0 aliphatic heterocycles. The minimum atomic E-state index is -3.18. The van der Waals surface area contributed by atoms with E-state index in [2.05, 4.69) is 25.0 Å². The molecule has 0 saturated carbocycles. The number of pyridine rings is 1. The minimum Gasteiger partial charge on any atom is -0.435 e. The fraction of sp³-hybridized carbons (Fsp3) is 0.133. The van der Waals surface area contributed by atoms with Gasteiger partial charge in [0.15, 0.2) is 0 Å². The van der Waals surface area contributed by atoms with Crippen molar-refractivity contribution < 1.29 is 31.8 Å². The fourth-order valence-corrected chi connectivity index (χ4v) is 1.71. The number of aromatic nitrogens is 1. The zero-order valence-corrected chi connectivity index (χ0v) is 12.4. The maximum absolute atomic E-state index is 12.4. The van der Waals surface area contributed by atoms with Crippen LogP contribution in [0.25, 0.3) is 0 Å². The van der Waals surface area contributed by atoms with Crippen molar-refractivity contribution >= 4 is 12.1 Å². The van der Waals surface area contributed by atoms with Crippen LogP contribution in [0.1, 0.15) is 16.1 Å². The van der Waals surface area contributed by atoms with Gasteiger partial charge in [-0.2, -0.15) is 22.7 Å². The number of nitrogens with zero attached hydrogens (tertiary/aromatic N) is 2. The molecule has 0 radical (unpaired) electrons. The molecule has 25 heavy (non-hydrogen) atoms. The van der Waals surface area contributed by atoms with Crippen molar-refractivity contribution in [3.63, 3.8) is 0 Å². The van der Waals surface area contributed by atoms with Crippen molar-refractivity contribution in [2.45, 2.75) is 13.2 Å². The number of ether oxygens (including phenoxy) is 2. The summed E-state index contributed by atoms with van der Waals surface area (Å²) in [5.74, 6) is -1.42. The number of hydrogen-bond donors (Lipinski definition) is 1. The summed E-state index contributed by atoms with van der Waals surface area (Å²) < 4.78 is 57.6. The molecule has 0 atom stereocenters. The number of carbonyl (C=O) groups excluding carboxylic acids is 1. The van der Waals surface area contributed by atoms with Gasteiger partial charge in [-0.05, 0) is 24.3 Å². The summed E-state index contributed by atoms with van der Waals surface area (Å²) in [5.41, 5.74) is 2.27. The topological polar surface area (TPSA) is 72.8 Å². The summed E-state index contributed by atoms with van der Waals surface area (Å²) in [4.78, 5) is 15.5. The molecule has 10 heteroatoms. The van der Waals surface area contributed by atoms with E-state index < -0.39 is 24.9 Å². The highest BCUT2D eigenvalue weighted by atomic mass is 19.3. The van der Waals surface area contributed by atoms with Crippen molar-refractivity contribution in [3.8, 4) is 11.5 Å². The van der Waals surface area contributed by atoms with Crippen molar-refractivity contribution in [1.82, 2.24) is 10.4 Å². The van der Waals surface area contributed by atoms with Crippen LogP contribution in [0.4, 0.5) is 17.6 Å². The van der Waals surface area contributed by atoms with Crippen molar-refractivity contribution in [2.75, 3.05) is 0 Å². The third-order valence-corrected chi connectivity index (χ3v) is 2.69. The van der Waals surface area contributed by atoms with E-state index in [1.165, 1.54) is 18.3 Å². The first-order valence-electron chi connectivity index (χ1n) is 6.74. The molecule has 0 spiro atoms. The molecule has 1 heterocycles. The van der Waals surface area contributed by atoms with E-state index in [0.29, 0.717) is 0 Å². The second kappa shape index (κ2) is 8.62. The Balaban J connectivity index is 2.12. The van der Waals surface area contributed by atoms with Gasteiger partial charge >= 0.3 is 13.2 Å². The number of alkyl halides is 4. The second-order valence-corrected chi connectivity index (χ2v) is 4.37. The number of nitrogens with one attached hydrogen (secondary N) is 1. The number of hydrazone groups is 1. The third-order valence-electron chi connectivity index (χ3n) is 2.69. The van der Waals surface area contributed by atoms with Gasteiger partial charge in [-0.25, -0.2) is 5.43 Å². The maximum atomic E-state index is 12.4. The molecular formula is C15H11F4N3O3. The first-order chi connectivity index (χ1) is 12.0. The number of carbonyl (C=O) groups is 1. The Labute approximate surface area is 139 Å². The zero-order valence-electron chi connectivity index (χ0n) is 12.4. The van der Waals surface area contributed by atoms with Gasteiger partial charge in [0.25, 0.3) is 5.91 Å². The van der Waals surface area contributed by atoms with Crippen LogP contribution in [0.2, 0.25) is 0 Å². The summed E-state index contributed by atoms with van der Waals surface area (Å²) in [5, 5.41) is 3.60. The molecule has 0 aliphatic rings. The smallest absolute Gasteiger partial charge is 0.387 e. The standard InChI is InChI=1S/C15H11F4N3O3/c16-14(17)24-10-5-4-9(12(7-10)25-15(18)19)8-21-22-13(23)11-3-1-2-6-20-11/h1-8,14-15H,(H,22,23)/b21-8-. The fourth-order valence-electron chi connectivity index (χ4n) is 1.71. The molecule has 1 amide bonds. The van der Waals surface area contributed by atoms with Gasteiger partial charge in [0.1, 0.15) is 17.2 Å². The van der Waals surface area contributed by atoms with Crippen LogP contribution in [0.3, 0.4) is 0 Å². The van der Waals surface area contributed by atoms with Crippen molar-refractivity contribution in [1.29, 1.82) is 0 Å². The van der Waals surface area contributed by atoms with Gasteiger partial charge < -0.3 is 9.47 Å². The molecule has 2 rings (SSSR count). The van der Waals surface area contributed by atoms with Gasteiger partial charge in [-0.15, -0.1) is 0 Å². The molecule has 0 unspecified atom stereocenters. The minimum absolute atomic E-state index is 0.0169. The Hall–Kier alpha value is -3.17. The van der Waals surface area contributed by atoms with Gasteiger partial charge in [-0.3, -0.25) is 9.78 Å². The normalized spacial score (nSPS) is 11.1. The highest BCUT2D eigenvalue weighted by molar-refractivity contribution is 5.93. The Bertz CT molecular complexity index is 742. The van der Waals surface area contributed by atoms with E-state index in [-0.39, 0.29) is 17.0 Å². The molecule has 0 fully saturated rings. The largest absolute Gasteiger partial charge is 0.435 e. The van der Waals surface area contributed by atoms with Gasteiger partial charge in [0, 0.05) is 17.8 Å². The van der Waals surface area contributed by atoms with E-state index >= 15 is 0 Å². The highest BCUT2D eigenvalue weighted by Crippen LogP contribution is 2.26. The molecule has 6 nitrogen and oxygen atoms in total. The molecule has 0 saturated heterocycles. The second-order valence-electron chi connectivity index (χ2n) is 4.37. The number of hydrogen-bond acceptors (Lipinski definition) is 5. The molecule has 132 valence electrons. The lowest BCUT2D eigenvalue weighted by atomic mass is 10.2. The van der Waals surface area contributed by atoms with Crippen molar-refractivity contribution in [3.05, 3.63) is 53.9 Å². The van der Waals surface area contributed by atoms with Crippen LogP contribution in [0, 0.1) is 0 Å². The lowest BCUT2D eigenvalue weighted by molar-refractivity contribution is -0.0543. The number of benzene rings is 1. The van der Waals surface area contributed by atoms with Crippen LogP contribution >= 0.6 is 0 Å². The lowest BCUT2D eigenvalue weighted by Crippen LogP contribution is -2.18. The van der Waals surface area contributed by atoms with Crippen LogP contribution in [-0.2, 0) is 0 Å². The van der Waals surface area contributed by atoms with Crippen LogP contribution in [-0.4, -0.2) is 30.3 Å². The average molecular weight is 357 g/mol. The predicted octanol–water partition coefficient (Wildman–Crippen LogP) is 3.05. The maximum Gasteiger partial charge on any atom is 0.387 e. The molecular weight excluding hydrogens is 346 g/mol. The number of halogens is 4. The van der Waals surface area contributed by atoms with E-state index in [1.54, 1.807) is 12.1 Å². The van der Waals surface area contributed by atoms with Crippen LogP contribution in [0.5, 0.6) is 11.5 Å². The van der Waals surface area contributed by atoms with Crippen LogP contribution in [0.15, 0.2) is 47.7 Å². The number of amides is 1. The first kappa shape index (κ1) is 18.2. The monoisotopic (exact) mass is 357 g/mol. The molecule has 2 aromatic rings. The molecule has 0 aliphatic carbocycles. The highest BCUT2D eigenvalue weighted by Gasteiger charge is 2.13. The Morgan fingerprint density at radius 2 is 1.88 bits per heavy atom. The summed E-state index contributed by atoms with van der Waals surface area (Å²) in [6.07, 6.45) is 2.43. The van der Waals surface area contributed by atoms with E-state index in [1.807, 2.05) is 0 Å². The third kappa shape index (κ3) is 5.75. The SMILES string of the molecule is O=C(N/N=C\c1ccc(OC(F)F)cc1OC(F)F)c1ccccn1. The van der Waals surface area contributed by atoms with Crippen LogP contribution < -0.4 is 14.9 Å². The molecule has 1 aromatic heterocycles. The van der Waals surface area contributed by atoms with E-state index in [4.69, 9.17) is 0 Å². The first-order valence-corrected chi connectivity index (χ1v) is 6.74. The average Bonchev–Trinajstić information content (AvgIpc) is 2.56. The Morgan fingerprint density at radius 3 is 2.52 bits per heavy atom. The van der Waals surface area contributed by atoms with E-state index in [9.17, 15) is 22.4 Å². The lowest BCUT2D eigenvalue weighted by Gasteiger charge is -2.10. The Kier molecular flexibility index (Phi) is 6.26. The molecule has 1 aromatic carbocycles. The number of rotatable bonds is 7. The van der Waals surface area contributed by atoms with Gasteiger partial charge in [0.2, 0.25) is 0 Å². The predicted molar refractivity (Wildman–Crippen MR) is 79.0 cm³/mol. The Morgan fingerprint density at radius 1 is 1.12 bits per heavy atom. The molecule has 0 bridgehead atoms. The summed E-state index contributed by atoms with van der Waals surface area (Å²) in [6, 6.07) is 7.82. The zero-order chi connectivity index (χ0) is 18.2. The summed E-state index contributed by atoms with van der Waals surface area (Å²) in [7, 11) is 0. The summed E-state index contributed by atoms with van der Waals surface area (Å²) in [6.45, 7) is -6.30. The summed E-state index contributed by atoms with van der Waals surface area (Å²) >= 11 is 0. The van der Waals surface area contributed by atoms with Gasteiger partial charge in [0.05, 0.1) is 6.21 Å². The quantitative estimate of drug-likeness (QED) is 0.470. The van der Waals surface area contributed by atoms with Gasteiger partial charge in [-0.1, -0.05) is 6.07 Å². The van der Waals surface area contributed by atoms with Crippen molar-refractivity contribution in [2.24, 2.45) is 5.10 Å².